The van der Waals surface area contributed by atoms with E-state index in [1.54, 1.807) is 9.80 Å². The van der Waals surface area contributed by atoms with Crippen molar-refractivity contribution < 1.29 is 14.3 Å². The van der Waals surface area contributed by atoms with Crippen molar-refractivity contribution in [2.45, 2.75) is 13.0 Å². The van der Waals surface area contributed by atoms with E-state index in [9.17, 15) is 9.59 Å². The zero-order chi connectivity index (χ0) is 15.5. The Morgan fingerprint density at radius 2 is 2.00 bits per heavy atom. The van der Waals surface area contributed by atoms with Crippen molar-refractivity contribution in [2.75, 3.05) is 32.8 Å². The molecular weight excluding hydrogens is 304 g/mol. The molecule has 118 valence electrons. The number of amides is 2. The molecule has 2 saturated heterocycles. The Kier molecular flexibility index (Phi) is 4.64. The first-order chi connectivity index (χ1) is 10.6. The Hall–Kier alpha value is -1.59. The fourth-order valence-corrected chi connectivity index (χ4v) is 3.16. The molecule has 2 aliphatic rings. The molecule has 2 aliphatic heterocycles. The molecule has 1 aromatic rings. The minimum absolute atomic E-state index is 0.0199. The van der Waals surface area contributed by atoms with E-state index in [-0.39, 0.29) is 17.7 Å². The van der Waals surface area contributed by atoms with Crippen LogP contribution in [0.5, 0.6) is 0 Å². The SMILES string of the molecule is O=C1CC(C(=O)N2CCOCC2)CN1Cc1ccccc1Cl. The molecule has 0 spiro atoms. The molecule has 0 radical (unpaired) electrons. The molecule has 0 aliphatic carbocycles. The molecule has 0 N–H and O–H groups in total. The summed E-state index contributed by atoms with van der Waals surface area (Å²) < 4.78 is 5.26. The Bertz CT molecular complexity index is 572. The van der Waals surface area contributed by atoms with Crippen LogP contribution in [0.4, 0.5) is 0 Å². The van der Waals surface area contributed by atoms with Crippen LogP contribution in [0.2, 0.25) is 5.02 Å². The van der Waals surface area contributed by atoms with Crippen molar-refractivity contribution in [1.29, 1.82) is 0 Å². The second kappa shape index (κ2) is 6.67. The highest BCUT2D eigenvalue weighted by Crippen LogP contribution is 2.25. The Labute approximate surface area is 134 Å². The van der Waals surface area contributed by atoms with Crippen LogP contribution in [-0.2, 0) is 20.9 Å². The van der Waals surface area contributed by atoms with Crippen molar-refractivity contribution >= 4 is 23.4 Å². The van der Waals surface area contributed by atoms with Crippen molar-refractivity contribution in [3.8, 4) is 0 Å². The van der Waals surface area contributed by atoms with Gasteiger partial charge < -0.3 is 14.5 Å². The number of hydrogen-bond donors (Lipinski definition) is 0. The molecule has 2 amide bonds. The van der Waals surface area contributed by atoms with Crippen molar-refractivity contribution in [1.82, 2.24) is 9.80 Å². The van der Waals surface area contributed by atoms with Crippen molar-refractivity contribution in [3.05, 3.63) is 34.9 Å². The van der Waals surface area contributed by atoms with Crippen molar-refractivity contribution in [3.63, 3.8) is 0 Å². The van der Waals surface area contributed by atoms with Gasteiger partial charge in [-0.2, -0.15) is 0 Å². The normalized spacial score (nSPS) is 22.2. The molecule has 2 fully saturated rings. The van der Waals surface area contributed by atoms with E-state index in [0.717, 1.165) is 5.56 Å². The molecule has 0 bridgehead atoms. The van der Waals surface area contributed by atoms with Crippen LogP contribution in [0.3, 0.4) is 0 Å². The lowest BCUT2D eigenvalue weighted by Crippen LogP contribution is -2.44. The first kappa shape index (κ1) is 15.3. The summed E-state index contributed by atoms with van der Waals surface area (Å²) in [5, 5.41) is 0.651. The van der Waals surface area contributed by atoms with Gasteiger partial charge in [0.25, 0.3) is 0 Å². The fourth-order valence-electron chi connectivity index (χ4n) is 2.96. The summed E-state index contributed by atoms with van der Waals surface area (Å²) in [7, 11) is 0. The van der Waals surface area contributed by atoms with Crippen LogP contribution >= 0.6 is 11.6 Å². The minimum atomic E-state index is -0.243. The molecule has 1 unspecified atom stereocenters. The number of nitrogens with zero attached hydrogens (tertiary/aromatic N) is 2. The summed E-state index contributed by atoms with van der Waals surface area (Å²) in [6.07, 6.45) is 0.292. The first-order valence-corrected chi connectivity index (χ1v) is 7.90. The molecule has 3 rings (SSSR count). The Morgan fingerprint density at radius 1 is 1.27 bits per heavy atom. The molecular formula is C16H19ClN2O3. The van der Waals surface area contributed by atoms with E-state index in [1.165, 1.54) is 0 Å². The predicted octanol–water partition coefficient (Wildman–Crippen LogP) is 1.55. The first-order valence-electron chi connectivity index (χ1n) is 7.53. The maximum Gasteiger partial charge on any atom is 0.228 e. The van der Waals surface area contributed by atoms with Gasteiger partial charge in [0.15, 0.2) is 0 Å². The quantitative estimate of drug-likeness (QED) is 0.848. The van der Waals surface area contributed by atoms with Crippen LogP contribution in [-0.4, -0.2) is 54.5 Å². The number of carbonyl (C=O) groups excluding carboxylic acids is 2. The zero-order valence-electron chi connectivity index (χ0n) is 12.3. The van der Waals surface area contributed by atoms with Gasteiger partial charge in [-0.05, 0) is 11.6 Å². The van der Waals surface area contributed by atoms with E-state index < -0.39 is 0 Å². The van der Waals surface area contributed by atoms with Crippen LogP contribution in [0, 0.1) is 5.92 Å². The van der Waals surface area contributed by atoms with Gasteiger partial charge in [0, 0.05) is 37.6 Å². The van der Waals surface area contributed by atoms with E-state index in [1.807, 2.05) is 24.3 Å². The topological polar surface area (TPSA) is 49.9 Å². The number of hydrogen-bond acceptors (Lipinski definition) is 3. The smallest absolute Gasteiger partial charge is 0.228 e. The van der Waals surface area contributed by atoms with Crippen LogP contribution in [0.15, 0.2) is 24.3 Å². The van der Waals surface area contributed by atoms with Gasteiger partial charge in [0.2, 0.25) is 11.8 Å². The Balaban J connectivity index is 1.63. The molecule has 6 heteroatoms. The van der Waals surface area contributed by atoms with Crippen LogP contribution in [0.1, 0.15) is 12.0 Å². The van der Waals surface area contributed by atoms with Gasteiger partial charge in [0.05, 0.1) is 19.1 Å². The number of halogens is 1. The highest BCUT2D eigenvalue weighted by Gasteiger charge is 2.36. The highest BCUT2D eigenvalue weighted by atomic mass is 35.5. The number of benzene rings is 1. The molecule has 0 aromatic heterocycles. The van der Waals surface area contributed by atoms with E-state index in [2.05, 4.69) is 0 Å². The average Bonchev–Trinajstić information content (AvgIpc) is 2.91. The van der Waals surface area contributed by atoms with Gasteiger partial charge in [-0.3, -0.25) is 9.59 Å². The molecule has 0 saturated carbocycles. The van der Waals surface area contributed by atoms with E-state index >= 15 is 0 Å². The molecule has 5 nitrogen and oxygen atoms in total. The molecule has 1 aromatic carbocycles. The third-order valence-corrected chi connectivity index (χ3v) is 4.57. The second-order valence-corrected chi connectivity index (χ2v) is 6.11. The number of rotatable bonds is 3. The van der Waals surface area contributed by atoms with Crippen LogP contribution in [0.25, 0.3) is 0 Å². The number of likely N-dealkylation sites (tertiary alicyclic amines) is 1. The zero-order valence-corrected chi connectivity index (χ0v) is 13.1. The predicted molar refractivity (Wildman–Crippen MR) is 82.4 cm³/mol. The summed E-state index contributed by atoms with van der Waals surface area (Å²) in [6, 6.07) is 7.49. The van der Waals surface area contributed by atoms with Gasteiger partial charge in [-0.25, -0.2) is 0 Å². The third kappa shape index (κ3) is 3.25. The fraction of sp³-hybridized carbons (Fsp3) is 0.500. The maximum atomic E-state index is 12.5. The number of ether oxygens (including phenoxy) is 1. The summed E-state index contributed by atoms with van der Waals surface area (Å²) in [6.45, 7) is 3.33. The lowest BCUT2D eigenvalue weighted by molar-refractivity contribution is -0.139. The van der Waals surface area contributed by atoms with Crippen molar-refractivity contribution in [2.24, 2.45) is 5.92 Å². The summed E-state index contributed by atoms with van der Waals surface area (Å²) >= 11 is 6.14. The lowest BCUT2D eigenvalue weighted by Gasteiger charge is -2.29. The van der Waals surface area contributed by atoms with E-state index in [0.29, 0.717) is 50.8 Å². The summed E-state index contributed by atoms with van der Waals surface area (Å²) in [5.41, 5.74) is 0.914. The Morgan fingerprint density at radius 3 is 2.73 bits per heavy atom. The summed E-state index contributed by atoms with van der Waals surface area (Å²) in [4.78, 5) is 28.2. The highest BCUT2D eigenvalue weighted by molar-refractivity contribution is 6.31. The molecule has 1 atom stereocenters. The van der Waals surface area contributed by atoms with Crippen LogP contribution < -0.4 is 0 Å². The standard InChI is InChI=1S/C16H19ClN2O3/c17-14-4-2-1-3-12(14)10-19-11-13(9-15(19)20)16(21)18-5-7-22-8-6-18/h1-4,13H,5-11H2. The lowest BCUT2D eigenvalue weighted by atomic mass is 10.1. The van der Waals surface area contributed by atoms with Gasteiger partial charge >= 0.3 is 0 Å². The summed E-state index contributed by atoms with van der Waals surface area (Å²) in [5.74, 6) is -0.155. The molecule has 2 heterocycles. The monoisotopic (exact) mass is 322 g/mol. The maximum absolute atomic E-state index is 12.5. The van der Waals surface area contributed by atoms with Gasteiger partial charge in [0.1, 0.15) is 0 Å². The van der Waals surface area contributed by atoms with Gasteiger partial charge in [-0.15, -0.1) is 0 Å². The second-order valence-electron chi connectivity index (χ2n) is 5.70. The minimum Gasteiger partial charge on any atom is -0.378 e. The van der Waals surface area contributed by atoms with E-state index in [4.69, 9.17) is 16.3 Å². The number of morpholine rings is 1. The largest absolute Gasteiger partial charge is 0.378 e. The number of carbonyl (C=O) groups is 2. The average molecular weight is 323 g/mol. The third-order valence-electron chi connectivity index (χ3n) is 4.21. The van der Waals surface area contributed by atoms with Gasteiger partial charge in [-0.1, -0.05) is 29.8 Å². The molecule has 22 heavy (non-hydrogen) atoms.